The van der Waals surface area contributed by atoms with Crippen molar-refractivity contribution in [1.29, 1.82) is 0 Å². The van der Waals surface area contributed by atoms with Crippen LogP contribution in [-0.4, -0.2) is 42.5 Å². The van der Waals surface area contributed by atoms with Gasteiger partial charge in [-0.2, -0.15) is 0 Å². The number of hydrogen-bond acceptors (Lipinski definition) is 2. The van der Waals surface area contributed by atoms with E-state index in [2.05, 4.69) is 47.1 Å². The predicted molar refractivity (Wildman–Crippen MR) is 120 cm³/mol. The lowest BCUT2D eigenvalue weighted by atomic mass is 10.1. The fourth-order valence-corrected chi connectivity index (χ4v) is 3.15. The van der Waals surface area contributed by atoms with Gasteiger partial charge in [-0.05, 0) is 39.7 Å². The molecule has 26 heavy (non-hydrogen) atoms. The number of halogens is 2. The van der Waals surface area contributed by atoms with Crippen LogP contribution in [0.3, 0.4) is 0 Å². The molecular formula is C18H25BrIN5O. The molecule has 142 valence electrons. The molecule has 0 saturated heterocycles. The van der Waals surface area contributed by atoms with Crippen LogP contribution in [0.4, 0.5) is 0 Å². The van der Waals surface area contributed by atoms with Crippen LogP contribution in [0, 0.1) is 0 Å². The van der Waals surface area contributed by atoms with E-state index in [9.17, 15) is 4.79 Å². The Hall–Kier alpha value is -1.55. The van der Waals surface area contributed by atoms with E-state index < -0.39 is 0 Å². The van der Waals surface area contributed by atoms with Crippen molar-refractivity contribution in [2.45, 2.75) is 13.1 Å². The van der Waals surface area contributed by atoms with Gasteiger partial charge < -0.3 is 20.1 Å². The molecule has 0 spiro atoms. The normalized spacial score (nSPS) is 10.9. The Kier molecular flexibility index (Phi) is 9.14. The zero-order valence-corrected chi connectivity index (χ0v) is 19.3. The number of amides is 1. The highest BCUT2D eigenvalue weighted by Crippen LogP contribution is 2.15. The molecule has 0 unspecified atom stereocenters. The Bertz CT molecular complexity index is 775. The molecule has 2 N–H and O–H groups in total. The summed E-state index contributed by atoms with van der Waals surface area (Å²) in [4.78, 5) is 18.1. The lowest BCUT2D eigenvalue weighted by molar-refractivity contribution is 0.0963. The van der Waals surface area contributed by atoms with Gasteiger partial charge in [0, 0.05) is 56.7 Å². The molecule has 0 atom stereocenters. The second kappa shape index (κ2) is 10.6. The largest absolute Gasteiger partial charge is 0.355 e. The highest BCUT2D eigenvalue weighted by atomic mass is 127. The summed E-state index contributed by atoms with van der Waals surface area (Å²) in [5, 5.41) is 5.98. The first kappa shape index (κ1) is 22.5. The number of carbonyl (C=O) groups is 1. The highest BCUT2D eigenvalue weighted by Gasteiger charge is 2.10. The summed E-state index contributed by atoms with van der Waals surface area (Å²) in [5.74, 6) is 0.709. The SMILES string of the molecule is CN=C(NCc1cccc(C(=O)NC)c1)N(C)Cc1cc(Br)cn1C.I. The Morgan fingerprint density at radius 2 is 2.08 bits per heavy atom. The molecule has 1 heterocycles. The monoisotopic (exact) mass is 533 g/mol. The Balaban J connectivity index is 0.00000338. The first-order valence-corrected chi connectivity index (χ1v) is 8.77. The number of hydrogen-bond donors (Lipinski definition) is 2. The van der Waals surface area contributed by atoms with Crippen molar-refractivity contribution in [3.8, 4) is 0 Å². The molecule has 8 heteroatoms. The van der Waals surface area contributed by atoms with E-state index in [1.54, 1.807) is 20.2 Å². The highest BCUT2D eigenvalue weighted by molar-refractivity contribution is 14.0. The molecule has 2 rings (SSSR count). The number of aromatic nitrogens is 1. The summed E-state index contributed by atoms with van der Waals surface area (Å²) in [6, 6.07) is 9.65. The van der Waals surface area contributed by atoms with E-state index >= 15 is 0 Å². The van der Waals surface area contributed by atoms with Gasteiger partial charge in [-0.3, -0.25) is 9.79 Å². The Morgan fingerprint density at radius 1 is 1.35 bits per heavy atom. The zero-order chi connectivity index (χ0) is 18.4. The number of benzene rings is 1. The molecule has 0 aliphatic heterocycles. The first-order chi connectivity index (χ1) is 11.9. The van der Waals surface area contributed by atoms with Crippen LogP contribution in [-0.2, 0) is 20.1 Å². The molecule has 0 radical (unpaired) electrons. The van der Waals surface area contributed by atoms with Gasteiger partial charge in [-0.1, -0.05) is 12.1 Å². The summed E-state index contributed by atoms with van der Waals surface area (Å²) in [7, 11) is 7.41. The molecule has 2 aromatic rings. The van der Waals surface area contributed by atoms with E-state index in [-0.39, 0.29) is 29.9 Å². The predicted octanol–water partition coefficient (Wildman–Crippen LogP) is 2.97. The van der Waals surface area contributed by atoms with E-state index in [0.717, 1.165) is 22.5 Å². The Morgan fingerprint density at radius 3 is 2.65 bits per heavy atom. The second-order valence-electron chi connectivity index (χ2n) is 5.80. The molecule has 6 nitrogen and oxygen atoms in total. The number of nitrogens with zero attached hydrogens (tertiary/aromatic N) is 3. The van der Waals surface area contributed by atoms with Gasteiger partial charge >= 0.3 is 0 Å². The number of rotatable bonds is 5. The maximum atomic E-state index is 11.7. The van der Waals surface area contributed by atoms with Crippen LogP contribution in [0.1, 0.15) is 21.6 Å². The van der Waals surface area contributed by atoms with Crippen molar-refractivity contribution in [2.24, 2.45) is 12.0 Å². The van der Waals surface area contributed by atoms with Gasteiger partial charge in [-0.15, -0.1) is 24.0 Å². The van der Waals surface area contributed by atoms with Gasteiger partial charge in [0.2, 0.25) is 0 Å². The molecule has 1 amide bonds. The fourth-order valence-electron chi connectivity index (χ4n) is 2.57. The standard InChI is InChI=1S/C18H24BrN5O.HI/c1-20-17(25)14-7-5-6-13(8-14)10-22-18(21-2)24(4)12-16-9-15(19)11-23(16)3;/h5-9,11H,10,12H2,1-4H3,(H,20,25)(H,21,22);1H. The third-order valence-corrected chi connectivity index (χ3v) is 4.35. The number of guanidine groups is 1. The molecular weight excluding hydrogens is 509 g/mol. The number of nitrogens with one attached hydrogen (secondary N) is 2. The maximum Gasteiger partial charge on any atom is 0.251 e. The summed E-state index contributed by atoms with van der Waals surface area (Å²) in [6.45, 7) is 1.33. The van der Waals surface area contributed by atoms with Gasteiger partial charge in [0.15, 0.2) is 5.96 Å². The van der Waals surface area contributed by atoms with Crippen molar-refractivity contribution >= 4 is 51.8 Å². The summed E-state index contributed by atoms with van der Waals surface area (Å²) in [5.41, 5.74) is 2.86. The Labute approximate surface area is 180 Å². The first-order valence-electron chi connectivity index (χ1n) is 7.98. The van der Waals surface area contributed by atoms with E-state index in [0.29, 0.717) is 12.1 Å². The van der Waals surface area contributed by atoms with Crippen LogP contribution in [0.2, 0.25) is 0 Å². The minimum Gasteiger partial charge on any atom is -0.355 e. The zero-order valence-electron chi connectivity index (χ0n) is 15.4. The van der Waals surface area contributed by atoms with Crippen LogP contribution >= 0.6 is 39.9 Å². The minimum atomic E-state index is -0.0855. The number of aliphatic imine (C=N–C) groups is 1. The van der Waals surface area contributed by atoms with E-state index in [1.165, 1.54) is 5.69 Å². The average Bonchev–Trinajstić information content (AvgIpc) is 2.92. The smallest absolute Gasteiger partial charge is 0.251 e. The van der Waals surface area contributed by atoms with Crippen molar-refractivity contribution in [3.05, 3.63) is 57.8 Å². The van der Waals surface area contributed by atoms with E-state index in [1.807, 2.05) is 38.5 Å². The van der Waals surface area contributed by atoms with Crippen LogP contribution in [0.5, 0.6) is 0 Å². The lowest BCUT2D eigenvalue weighted by Gasteiger charge is -2.22. The molecule has 0 bridgehead atoms. The van der Waals surface area contributed by atoms with Gasteiger partial charge in [0.05, 0.1) is 6.54 Å². The molecule has 0 aliphatic rings. The molecule has 1 aromatic heterocycles. The van der Waals surface area contributed by atoms with Gasteiger partial charge in [0.25, 0.3) is 5.91 Å². The third-order valence-electron chi connectivity index (χ3n) is 3.91. The van der Waals surface area contributed by atoms with Crippen LogP contribution < -0.4 is 10.6 Å². The molecule has 0 saturated carbocycles. The van der Waals surface area contributed by atoms with Gasteiger partial charge in [-0.25, -0.2) is 0 Å². The van der Waals surface area contributed by atoms with Crippen molar-refractivity contribution in [1.82, 2.24) is 20.1 Å². The van der Waals surface area contributed by atoms with Crippen molar-refractivity contribution < 1.29 is 4.79 Å². The van der Waals surface area contributed by atoms with Gasteiger partial charge in [0.1, 0.15) is 0 Å². The van der Waals surface area contributed by atoms with Crippen LogP contribution in [0.25, 0.3) is 0 Å². The van der Waals surface area contributed by atoms with Crippen LogP contribution in [0.15, 0.2) is 46.0 Å². The van der Waals surface area contributed by atoms with E-state index in [4.69, 9.17) is 0 Å². The fraction of sp³-hybridized carbons (Fsp3) is 0.333. The topological polar surface area (TPSA) is 61.7 Å². The summed E-state index contributed by atoms with van der Waals surface area (Å²) >= 11 is 3.49. The number of aryl methyl sites for hydroxylation is 1. The molecule has 1 aromatic carbocycles. The summed E-state index contributed by atoms with van der Waals surface area (Å²) < 4.78 is 3.15. The molecule has 0 fully saturated rings. The third kappa shape index (κ3) is 6.01. The lowest BCUT2D eigenvalue weighted by Crippen LogP contribution is -2.38. The quantitative estimate of drug-likeness (QED) is 0.353. The minimum absolute atomic E-state index is 0. The summed E-state index contributed by atoms with van der Waals surface area (Å²) in [6.07, 6.45) is 2.03. The van der Waals surface area contributed by atoms with Crippen molar-refractivity contribution in [2.75, 3.05) is 21.1 Å². The maximum absolute atomic E-state index is 11.7. The second-order valence-corrected chi connectivity index (χ2v) is 6.71. The average molecular weight is 534 g/mol. The van der Waals surface area contributed by atoms with Crippen molar-refractivity contribution in [3.63, 3.8) is 0 Å². The number of carbonyl (C=O) groups excluding carboxylic acids is 1. The molecule has 0 aliphatic carbocycles.